The fourth-order valence-electron chi connectivity index (χ4n) is 3.29. The topological polar surface area (TPSA) is 18.5 Å². The molecule has 3 nitrogen and oxygen atoms in total. The third-order valence-corrected chi connectivity index (χ3v) is 4.62. The van der Waals surface area contributed by atoms with Crippen molar-refractivity contribution in [1.29, 1.82) is 0 Å². The van der Waals surface area contributed by atoms with Crippen LogP contribution in [0.1, 0.15) is 40.5 Å². The normalized spacial score (nSPS) is 27.5. The monoisotopic (exact) mass is 239 g/mol. The molecule has 2 heterocycles. The van der Waals surface area contributed by atoms with Crippen LogP contribution in [0.5, 0.6) is 0 Å². The maximum absolute atomic E-state index is 3.44. The second-order valence-electron chi connectivity index (χ2n) is 6.89. The molecule has 2 aliphatic rings. The summed E-state index contributed by atoms with van der Waals surface area (Å²) >= 11 is 0. The Morgan fingerprint density at radius 1 is 1.12 bits per heavy atom. The smallest absolute Gasteiger partial charge is 0.0281 e. The molecule has 0 amide bonds. The van der Waals surface area contributed by atoms with Crippen molar-refractivity contribution >= 4 is 0 Å². The van der Waals surface area contributed by atoms with Crippen molar-refractivity contribution in [3.05, 3.63) is 0 Å². The molecule has 0 unspecified atom stereocenters. The number of piperazine rings is 1. The summed E-state index contributed by atoms with van der Waals surface area (Å²) in [5.41, 5.74) is 0.717. The van der Waals surface area contributed by atoms with Crippen LogP contribution in [0.2, 0.25) is 0 Å². The van der Waals surface area contributed by atoms with E-state index in [0.717, 1.165) is 13.1 Å². The van der Waals surface area contributed by atoms with Crippen molar-refractivity contribution < 1.29 is 0 Å². The van der Waals surface area contributed by atoms with Gasteiger partial charge in [-0.3, -0.25) is 9.80 Å². The summed E-state index contributed by atoms with van der Waals surface area (Å²) in [6.07, 6.45) is 2.72. The molecule has 2 rings (SSSR count). The highest BCUT2D eigenvalue weighted by atomic mass is 15.3. The Labute approximate surface area is 107 Å². The zero-order valence-electron chi connectivity index (χ0n) is 12.1. The molecule has 0 aromatic rings. The lowest BCUT2D eigenvalue weighted by Gasteiger charge is -2.46. The van der Waals surface area contributed by atoms with E-state index in [1.165, 1.54) is 39.0 Å². The lowest BCUT2D eigenvalue weighted by molar-refractivity contribution is 0.0412. The first-order chi connectivity index (χ1) is 7.92. The van der Waals surface area contributed by atoms with Gasteiger partial charge in [-0.1, -0.05) is 0 Å². The molecule has 0 aromatic carbocycles. The molecule has 0 aromatic heterocycles. The van der Waals surface area contributed by atoms with E-state index in [0.29, 0.717) is 11.1 Å². The van der Waals surface area contributed by atoms with Crippen molar-refractivity contribution in [2.75, 3.05) is 39.3 Å². The highest BCUT2D eigenvalue weighted by Crippen LogP contribution is 2.31. The van der Waals surface area contributed by atoms with Crippen LogP contribution in [0, 0.1) is 0 Å². The molecule has 0 atom stereocenters. The van der Waals surface area contributed by atoms with E-state index in [1.807, 2.05) is 0 Å². The summed E-state index contributed by atoms with van der Waals surface area (Å²) in [5, 5.41) is 3.44. The zero-order valence-corrected chi connectivity index (χ0v) is 12.1. The molecular formula is C14H29N3. The number of hydrogen-bond donors (Lipinski definition) is 1. The number of rotatable bonds is 3. The van der Waals surface area contributed by atoms with Crippen LogP contribution in [0.25, 0.3) is 0 Å². The van der Waals surface area contributed by atoms with Crippen LogP contribution in [0.4, 0.5) is 0 Å². The van der Waals surface area contributed by atoms with Gasteiger partial charge in [-0.15, -0.1) is 0 Å². The third-order valence-electron chi connectivity index (χ3n) is 4.62. The number of nitrogens with zero attached hydrogens (tertiary/aromatic N) is 2. The largest absolute Gasteiger partial charge is 0.314 e. The van der Waals surface area contributed by atoms with Crippen molar-refractivity contribution in [1.82, 2.24) is 15.1 Å². The molecule has 100 valence electrons. The molecule has 2 aliphatic heterocycles. The molecule has 3 heteroatoms. The Morgan fingerprint density at radius 2 is 1.76 bits per heavy atom. The van der Waals surface area contributed by atoms with E-state index < -0.39 is 0 Å². The molecule has 17 heavy (non-hydrogen) atoms. The lowest BCUT2D eigenvalue weighted by Crippen LogP contribution is -2.59. The Bertz CT molecular complexity index is 254. The fourth-order valence-corrected chi connectivity index (χ4v) is 3.29. The van der Waals surface area contributed by atoms with Crippen molar-refractivity contribution in [3.8, 4) is 0 Å². The van der Waals surface area contributed by atoms with Crippen LogP contribution >= 0.6 is 0 Å². The molecule has 0 spiro atoms. The Hall–Kier alpha value is -0.120. The van der Waals surface area contributed by atoms with Gasteiger partial charge in [0, 0.05) is 43.8 Å². The highest BCUT2D eigenvalue weighted by molar-refractivity contribution is 4.95. The van der Waals surface area contributed by atoms with E-state index in [4.69, 9.17) is 0 Å². The summed E-state index contributed by atoms with van der Waals surface area (Å²) in [4.78, 5) is 5.34. The summed E-state index contributed by atoms with van der Waals surface area (Å²) in [6, 6.07) is 0. The summed E-state index contributed by atoms with van der Waals surface area (Å²) in [5.74, 6) is 0. The first kappa shape index (κ1) is 13.3. The minimum atomic E-state index is 0.309. The minimum Gasteiger partial charge on any atom is -0.314 e. The fraction of sp³-hybridized carbons (Fsp3) is 1.00. The van der Waals surface area contributed by atoms with Gasteiger partial charge in [0.2, 0.25) is 0 Å². The Kier molecular flexibility index (Phi) is 3.81. The van der Waals surface area contributed by atoms with Gasteiger partial charge in [0.1, 0.15) is 0 Å². The van der Waals surface area contributed by atoms with Gasteiger partial charge in [0.15, 0.2) is 0 Å². The van der Waals surface area contributed by atoms with E-state index in [2.05, 4.69) is 42.8 Å². The van der Waals surface area contributed by atoms with Crippen LogP contribution in [-0.2, 0) is 0 Å². The number of likely N-dealkylation sites (tertiary alicyclic amines) is 1. The van der Waals surface area contributed by atoms with Gasteiger partial charge in [0.05, 0.1) is 0 Å². The molecule has 0 aliphatic carbocycles. The van der Waals surface area contributed by atoms with Gasteiger partial charge in [0.25, 0.3) is 0 Å². The quantitative estimate of drug-likeness (QED) is 0.806. The van der Waals surface area contributed by atoms with E-state index in [-0.39, 0.29) is 0 Å². The van der Waals surface area contributed by atoms with E-state index in [9.17, 15) is 0 Å². The Balaban J connectivity index is 1.96. The van der Waals surface area contributed by atoms with E-state index in [1.54, 1.807) is 0 Å². The van der Waals surface area contributed by atoms with Crippen LogP contribution < -0.4 is 5.32 Å². The second-order valence-corrected chi connectivity index (χ2v) is 6.89. The molecule has 1 N–H and O–H groups in total. The average Bonchev–Trinajstić information content (AvgIpc) is 2.59. The van der Waals surface area contributed by atoms with Crippen molar-refractivity contribution in [2.24, 2.45) is 0 Å². The predicted octanol–water partition coefficient (Wildman–Crippen LogP) is 1.54. The number of nitrogens with one attached hydrogen (secondary N) is 1. The molecule has 2 saturated heterocycles. The SMILES string of the molecule is CC1(C)CCCN1CC(C)(C)N1CCNCC1. The van der Waals surface area contributed by atoms with Gasteiger partial charge < -0.3 is 5.32 Å². The van der Waals surface area contributed by atoms with Crippen LogP contribution in [-0.4, -0.2) is 60.1 Å². The number of hydrogen-bond acceptors (Lipinski definition) is 3. The van der Waals surface area contributed by atoms with Gasteiger partial charge in [-0.25, -0.2) is 0 Å². The van der Waals surface area contributed by atoms with Crippen LogP contribution in [0.15, 0.2) is 0 Å². The maximum Gasteiger partial charge on any atom is 0.0281 e. The average molecular weight is 239 g/mol. The first-order valence-corrected chi connectivity index (χ1v) is 7.13. The van der Waals surface area contributed by atoms with Gasteiger partial charge >= 0.3 is 0 Å². The summed E-state index contributed by atoms with van der Waals surface area (Å²) in [6.45, 7) is 16.8. The molecule has 2 fully saturated rings. The predicted molar refractivity (Wildman–Crippen MR) is 73.4 cm³/mol. The van der Waals surface area contributed by atoms with Gasteiger partial charge in [-0.05, 0) is 47.1 Å². The van der Waals surface area contributed by atoms with Crippen molar-refractivity contribution in [2.45, 2.75) is 51.6 Å². The lowest BCUT2D eigenvalue weighted by atomic mass is 9.96. The molecule has 0 bridgehead atoms. The maximum atomic E-state index is 3.44. The first-order valence-electron chi connectivity index (χ1n) is 7.13. The third kappa shape index (κ3) is 3.01. The summed E-state index contributed by atoms with van der Waals surface area (Å²) in [7, 11) is 0. The molecule has 0 saturated carbocycles. The second kappa shape index (κ2) is 4.87. The Morgan fingerprint density at radius 3 is 2.29 bits per heavy atom. The highest BCUT2D eigenvalue weighted by Gasteiger charge is 2.37. The minimum absolute atomic E-state index is 0.309. The van der Waals surface area contributed by atoms with E-state index >= 15 is 0 Å². The molecule has 0 radical (unpaired) electrons. The summed E-state index contributed by atoms with van der Waals surface area (Å²) < 4.78 is 0. The molecular weight excluding hydrogens is 210 g/mol. The van der Waals surface area contributed by atoms with Crippen LogP contribution in [0.3, 0.4) is 0 Å². The van der Waals surface area contributed by atoms with Crippen molar-refractivity contribution in [3.63, 3.8) is 0 Å². The standard InChI is InChI=1S/C14H29N3/c1-13(2)6-5-9-17(13)12-14(3,4)16-10-7-15-8-11-16/h15H,5-12H2,1-4H3. The zero-order chi connectivity index (χ0) is 12.5. The van der Waals surface area contributed by atoms with Gasteiger partial charge in [-0.2, -0.15) is 0 Å².